The molecule has 2 aliphatic carbocycles. The van der Waals surface area contributed by atoms with Gasteiger partial charge in [0.15, 0.2) is 5.96 Å². The maximum Gasteiger partial charge on any atom is 0.233 e. The summed E-state index contributed by atoms with van der Waals surface area (Å²) in [5, 5.41) is 6.35. The predicted octanol–water partition coefficient (Wildman–Crippen LogP) is 0.385. The van der Waals surface area contributed by atoms with E-state index in [1.165, 1.54) is 4.90 Å². The van der Waals surface area contributed by atoms with Gasteiger partial charge in [0.05, 0.1) is 18.4 Å². The molecule has 1 saturated carbocycles. The molecule has 2 fully saturated rings. The highest BCUT2D eigenvalue weighted by molar-refractivity contribution is 6.06. The minimum Gasteiger partial charge on any atom is -0.383 e. The highest BCUT2D eigenvalue weighted by atomic mass is 16.5. The third-order valence-electron chi connectivity index (χ3n) is 5.31. The van der Waals surface area contributed by atoms with Crippen molar-refractivity contribution in [1.29, 1.82) is 0 Å². The Hall–Kier alpha value is -1.89. The molecule has 1 aliphatic heterocycles. The van der Waals surface area contributed by atoms with Crippen LogP contribution in [0.3, 0.4) is 0 Å². The second-order valence-corrected chi connectivity index (χ2v) is 6.86. The van der Waals surface area contributed by atoms with E-state index in [4.69, 9.17) is 4.74 Å². The van der Waals surface area contributed by atoms with E-state index in [1.54, 1.807) is 7.11 Å². The van der Waals surface area contributed by atoms with Gasteiger partial charge in [-0.1, -0.05) is 12.2 Å². The van der Waals surface area contributed by atoms with Gasteiger partial charge in [0.25, 0.3) is 0 Å². The van der Waals surface area contributed by atoms with Crippen LogP contribution in [-0.4, -0.2) is 62.6 Å². The minimum absolute atomic E-state index is 0.0287. The quantitative estimate of drug-likeness (QED) is 0.218. The highest BCUT2D eigenvalue weighted by Crippen LogP contribution is 2.52. The zero-order valence-corrected chi connectivity index (χ0v) is 15.0. The van der Waals surface area contributed by atoms with E-state index >= 15 is 0 Å². The molecule has 4 atom stereocenters. The van der Waals surface area contributed by atoms with Gasteiger partial charge in [-0.15, -0.1) is 0 Å². The first kappa shape index (κ1) is 17.9. The Labute approximate surface area is 148 Å². The van der Waals surface area contributed by atoms with Crippen LogP contribution in [0.15, 0.2) is 17.1 Å². The topological polar surface area (TPSA) is 83.0 Å². The number of hydrogen-bond donors (Lipinski definition) is 2. The number of methoxy groups -OCH3 is 1. The highest BCUT2D eigenvalue weighted by Gasteiger charge is 2.58. The number of rotatable bonds is 8. The van der Waals surface area contributed by atoms with Gasteiger partial charge in [0.2, 0.25) is 11.8 Å². The molecule has 3 rings (SSSR count). The lowest BCUT2D eigenvalue weighted by atomic mass is 9.85. The van der Waals surface area contributed by atoms with Crippen LogP contribution in [0, 0.1) is 23.7 Å². The van der Waals surface area contributed by atoms with Crippen molar-refractivity contribution in [2.24, 2.45) is 28.7 Å². The van der Waals surface area contributed by atoms with Gasteiger partial charge in [-0.05, 0) is 31.6 Å². The van der Waals surface area contributed by atoms with Crippen molar-refractivity contribution in [1.82, 2.24) is 15.5 Å². The first-order valence-corrected chi connectivity index (χ1v) is 9.22. The number of nitrogens with one attached hydrogen (secondary N) is 2. The molecule has 1 heterocycles. The Morgan fingerprint density at radius 2 is 1.92 bits per heavy atom. The van der Waals surface area contributed by atoms with Crippen LogP contribution in [0.1, 0.15) is 19.8 Å². The van der Waals surface area contributed by atoms with Gasteiger partial charge in [-0.2, -0.15) is 0 Å². The molecule has 0 spiro atoms. The molecule has 2 N–H and O–H groups in total. The fourth-order valence-corrected chi connectivity index (χ4v) is 4.22. The molecule has 25 heavy (non-hydrogen) atoms. The van der Waals surface area contributed by atoms with Crippen molar-refractivity contribution >= 4 is 17.8 Å². The molecular weight excluding hydrogens is 320 g/mol. The number of ether oxygens (including phenoxy) is 1. The zero-order chi connectivity index (χ0) is 17.8. The number of guanidine groups is 1. The Morgan fingerprint density at radius 3 is 2.52 bits per heavy atom. The molecule has 7 nitrogen and oxygen atoms in total. The van der Waals surface area contributed by atoms with E-state index in [1.807, 2.05) is 6.92 Å². The van der Waals surface area contributed by atoms with Gasteiger partial charge >= 0.3 is 0 Å². The molecule has 4 unspecified atom stereocenters. The molecular formula is C18H28N4O3. The number of carbonyl (C=O) groups is 2. The number of likely N-dealkylation sites (tertiary alicyclic amines) is 1. The number of imide groups is 1. The number of amides is 2. The summed E-state index contributed by atoms with van der Waals surface area (Å²) in [5.41, 5.74) is 0. The third-order valence-corrected chi connectivity index (χ3v) is 5.31. The van der Waals surface area contributed by atoms with Gasteiger partial charge in [-0.3, -0.25) is 19.5 Å². The fourth-order valence-electron chi connectivity index (χ4n) is 4.22. The number of carbonyl (C=O) groups excluding carboxylic acids is 2. The minimum atomic E-state index is -0.0981. The van der Waals surface area contributed by atoms with E-state index in [-0.39, 0.29) is 35.5 Å². The summed E-state index contributed by atoms with van der Waals surface area (Å²) >= 11 is 0. The monoisotopic (exact) mass is 348 g/mol. The summed E-state index contributed by atoms with van der Waals surface area (Å²) in [7, 11) is 1.66. The first-order chi connectivity index (χ1) is 12.2. The summed E-state index contributed by atoms with van der Waals surface area (Å²) in [6.07, 6.45) is 5.91. The molecule has 0 aromatic heterocycles. The SMILES string of the molecule is CCNC(=NCCCN1C(=O)C2C3C=CC(C3)C2C1=O)NCCOC. The second kappa shape index (κ2) is 7.99. The Bertz CT molecular complexity index is 545. The molecule has 0 radical (unpaired) electrons. The lowest BCUT2D eigenvalue weighted by molar-refractivity contribution is -0.140. The summed E-state index contributed by atoms with van der Waals surface area (Å²) in [6, 6.07) is 0. The molecule has 0 aromatic rings. The number of nitrogens with zero attached hydrogens (tertiary/aromatic N) is 2. The van der Waals surface area contributed by atoms with E-state index in [9.17, 15) is 9.59 Å². The van der Waals surface area contributed by atoms with Crippen molar-refractivity contribution in [3.05, 3.63) is 12.2 Å². The van der Waals surface area contributed by atoms with Crippen molar-refractivity contribution in [3.63, 3.8) is 0 Å². The van der Waals surface area contributed by atoms with Crippen LogP contribution >= 0.6 is 0 Å². The van der Waals surface area contributed by atoms with Gasteiger partial charge < -0.3 is 15.4 Å². The largest absolute Gasteiger partial charge is 0.383 e. The second-order valence-electron chi connectivity index (χ2n) is 6.86. The van der Waals surface area contributed by atoms with Gasteiger partial charge in [0, 0.05) is 33.3 Å². The van der Waals surface area contributed by atoms with Crippen molar-refractivity contribution in [2.75, 3.05) is 39.9 Å². The predicted molar refractivity (Wildman–Crippen MR) is 94.9 cm³/mol. The molecule has 138 valence electrons. The summed E-state index contributed by atoms with van der Waals surface area (Å²) in [5.74, 6) is 1.15. The van der Waals surface area contributed by atoms with Crippen LogP contribution in [0.25, 0.3) is 0 Å². The van der Waals surface area contributed by atoms with E-state index in [0.717, 1.165) is 18.9 Å². The maximum absolute atomic E-state index is 12.6. The van der Waals surface area contributed by atoms with Crippen LogP contribution in [0.5, 0.6) is 0 Å². The number of allylic oxidation sites excluding steroid dienone is 2. The Balaban J connectivity index is 1.48. The smallest absolute Gasteiger partial charge is 0.233 e. The average molecular weight is 348 g/mol. The number of fused-ring (bicyclic) bond motifs is 5. The van der Waals surface area contributed by atoms with E-state index < -0.39 is 0 Å². The molecule has 0 aromatic carbocycles. The van der Waals surface area contributed by atoms with Crippen LogP contribution in [-0.2, 0) is 14.3 Å². The lowest BCUT2D eigenvalue weighted by Crippen LogP contribution is -2.39. The van der Waals surface area contributed by atoms with Crippen LogP contribution in [0.4, 0.5) is 0 Å². The van der Waals surface area contributed by atoms with Crippen LogP contribution < -0.4 is 10.6 Å². The normalized spacial score (nSPS) is 30.3. The standard InChI is InChI=1S/C18H28N4O3/c1-3-19-18(21-8-10-25-2)20-7-4-9-22-16(23)14-12-5-6-13(11-12)15(14)17(22)24/h5-6,12-15H,3-4,7-11H2,1-2H3,(H2,19,20,21). The molecule has 7 heteroatoms. The Kier molecular flexibility index (Phi) is 5.73. The fraction of sp³-hybridized carbons (Fsp3) is 0.722. The average Bonchev–Trinajstić information content (AvgIpc) is 3.27. The van der Waals surface area contributed by atoms with Gasteiger partial charge in [0.1, 0.15) is 0 Å². The molecule has 2 amide bonds. The summed E-state index contributed by atoms with van der Waals surface area (Å²) < 4.78 is 5.01. The maximum atomic E-state index is 12.6. The van der Waals surface area contributed by atoms with Crippen molar-refractivity contribution < 1.29 is 14.3 Å². The van der Waals surface area contributed by atoms with Crippen LogP contribution in [0.2, 0.25) is 0 Å². The molecule has 1 saturated heterocycles. The van der Waals surface area contributed by atoms with Crippen molar-refractivity contribution in [3.8, 4) is 0 Å². The van der Waals surface area contributed by atoms with Crippen molar-refractivity contribution in [2.45, 2.75) is 19.8 Å². The summed E-state index contributed by atoms with van der Waals surface area (Å²) in [6.45, 7) is 5.12. The van der Waals surface area contributed by atoms with E-state index in [0.29, 0.717) is 32.7 Å². The Morgan fingerprint density at radius 1 is 1.24 bits per heavy atom. The first-order valence-electron chi connectivity index (χ1n) is 9.22. The number of aliphatic imine (C=N–C) groups is 1. The molecule has 2 bridgehead atoms. The molecule has 3 aliphatic rings. The number of hydrogen-bond acceptors (Lipinski definition) is 4. The zero-order valence-electron chi connectivity index (χ0n) is 15.0. The van der Waals surface area contributed by atoms with Gasteiger partial charge in [-0.25, -0.2) is 0 Å². The van der Waals surface area contributed by atoms with E-state index in [2.05, 4.69) is 27.8 Å². The summed E-state index contributed by atoms with van der Waals surface area (Å²) in [4.78, 5) is 31.1. The lowest BCUT2D eigenvalue weighted by Gasteiger charge is -2.16. The third kappa shape index (κ3) is 3.56.